The van der Waals surface area contributed by atoms with E-state index in [4.69, 9.17) is 5.11 Å². The highest BCUT2D eigenvalue weighted by atomic mass is 32.2. The van der Waals surface area contributed by atoms with Crippen molar-refractivity contribution in [1.29, 1.82) is 0 Å². The smallest absolute Gasteiger partial charge is 0.339 e. The molecule has 0 aliphatic carbocycles. The first-order chi connectivity index (χ1) is 8.56. The average Bonchev–Trinajstić information content (AvgIpc) is 2.27. The van der Waals surface area contributed by atoms with Crippen molar-refractivity contribution in [2.75, 3.05) is 13.1 Å². The lowest BCUT2D eigenvalue weighted by Gasteiger charge is -2.34. The maximum Gasteiger partial charge on any atom is 0.339 e. The van der Waals surface area contributed by atoms with Crippen LogP contribution in [0.2, 0.25) is 0 Å². The van der Waals surface area contributed by atoms with Gasteiger partial charge in [0.15, 0.2) is 0 Å². The number of hydrogen-bond donors (Lipinski definition) is 1. The highest BCUT2D eigenvalue weighted by Crippen LogP contribution is 2.25. The second kappa shape index (κ2) is 5.67. The Kier molecular flexibility index (Phi) is 4.19. The Balaban J connectivity index is 2.11. The third-order valence-electron chi connectivity index (χ3n) is 2.89. The number of carbonyl (C=O) groups is 1. The van der Waals surface area contributed by atoms with E-state index in [9.17, 15) is 4.79 Å². The molecule has 1 aliphatic heterocycles. The van der Waals surface area contributed by atoms with Gasteiger partial charge in [0.1, 0.15) is 11.9 Å². The molecule has 0 spiro atoms. The number of carboxylic acid groups (broad SMARTS) is 1. The molecule has 0 radical (unpaired) electrons. The Bertz CT molecular complexity index is 431. The van der Waals surface area contributed by atoms with Crippen LogP contribution in [0.4, 0.5) is 0 Å². The standard InChI is InChI=1S/C12H17N3O2S/c1-8-4-15(5-9(2)18-8)6-11-10(12(16)17)3-13-7-14-11/h3,7-9H,4-6H2,1-2H3,(H,16,17). The minimum absolute atomic E-state index is 0.205. The fourth-order valence-corrected chi connectivity index (χ4v) is 3.67. The van der Waals surface area contributed by atoms with Crippen LogP contribution in [0.25, 0.3) is 0 Å². The summed E-state index contributed by atoms with van der Waals surface area (Å²) in [5, 5.41) is 10.2. The zero-order valence-electron chi connectivity index (χ0n) is 10.5. The maximum absolute atomic E-state index is 11.1. The SMILES string of the molecule is CC1CN(Cc2ncncc2C(=O)O)CC(C)S1. The summed E-state index contributed by atoms with van der Waals surface area (Å²) in [5.74, 6) is -0.960. The van der Waals surface area contributed by atoms with Gasteiger partial charge in [-0.3, -0.25) is 4.90 Å². The van der Waals surface area contributed by atoms with Crippen molar-refractivity contribution in [2.45, 2.75) is 30.9 Å². The van der Waals surface area contributed by atoms with Gasteiger partial charge >= 0.3 is 5.97 Å². The van der Waals surface area contributed by atoms with Gasteiger partial charge in [-0.05, 0) is 0 Å². The molecule has 0 bridgehead atoms. The normalized spacial score (nSPS) is 25.0. The Morgan fingerprint density at radius 1 is 1.50 bits per heavy atom. The summed E-state index contributed by atoms with van der Waals surface area (Å²) in [6.07, 6.45) is 2.78. The number of carboxylic acids is 1. The Morgan fingerprint density at radius 2 is 2.17 bits per heavy atom. The number of hydrogen-bond acceptors (Lipinski definition) is 5. The van der Waals surface area contributed by atoms with E-state index < -0.39 is 5.97 Å². The van der Waals surface area contributed by atoms with E-state index in [0.29, 0.717) is 22.7 Å². The van der Waals surface area contributed by atoms with Crippen LogP contribution in [0.3, 0.4) is 0 Å². The quantitative estimate of drug-likeness (QED) is 0.895. The summed E-state index contributed by atoms with van der Waals surface area (Å²) >= 11 is 1.98. The van der Waals surface area contributed by atoms with Crippen LogP contribution in [0, 0.1) is 0 Å². The number of aromatic carboxylic acids is 1. The molecule has 1 N–H and O–H groups in total. The molecule has 1 fully saturated rings. The lowest BCUT2D eigenvalue weighted by atomic mass is 10.2. The van der Waals surface area contributed by atoms with Crippen LogP contribution in [0.15, 0.2) is 12.5 Å². The van der Waals surface area contributed by atoms with Gasteiger partial charge in [0.05, 0.1) is 5.69 Å². The molecule has 1 aromatic rings. The molecular weight excluding hydrogens is 250 g/mol. The average molecular weight is 267 g/mol. The number of nitrogens with zero attached hydrogens (tertiary/aromatic N) is 3. The second-order valence-corrected chi connectivity index (χ2v) is 6.52. The Labute approximate surface area is 111 Å². The fraction of sp³-hybridized carbons (Fsp3) is 0.583. The summed E-state index contributed by atoms with van der Waals surface area (Å²) < 4.78 is 0. The molecule has 2 rings (SSSR count). The third-order valence-corrected chi connectivity index (χ3v) is 4.12. The van der Waals surface area contributed by atoms with Gasteiger partial charge in [-0.2, -0.15) is 11.8 Å². The van der Waals surface area contributed by atoms with E-state index in [1.54, 1.807) is 0 Å². The predicted molar refractivity (Wildman–Crippen MR) is 70.8 cm³/mol. The van der Waals surface area contributed by atoms with Crippen molar-refractivity contribution in [1.82, 2.24) is 14.9 Å². The lowest BCUT2D eigenvalue weighted by Crippen LogP contribution is -2.40. The first-order valence-electron chi connectivity index (χ1n) is 5.96. The topological polar surface area (TPSA) is 66.3 Å². The number of thioether (sulfide) groups is 1. The lowest BCUT2D eigenvalue weighted by molar-refractivity contribution is 0.0693. The summed E-state index contributed by atoms with van der Waals surface area (Å²) in [7, 11) is 0. The van der Waals surface area contributed by atoms with Gasteiger partial charge < -0.3 is 5.11 Å². The number of aromatic nitrogens is 2. The summed E-state index contributed by atoms with van der Waals surface area (Å²) in [6.45, 7) is 6.92. The van der Waals surface area contributed by atoms with E-state index in [0.717, 1.165) is 13.1 Å². The van der Waals surface area contributed by atoms with Gasteiger partial charge in [-0.1, -0.05) is 13.8 Å². The molecular formula is C12H17N3O2S. The molecule has 0 aromatic carbocycles. The predicted octanol–water partition coefficient (Wildman–Crippen LogP) is 1.50. The van der Waals surface area contributed by atoms with Gasteiger partial charge in [0.2, 0.25) is 0 Å². The van der Waals surface area contributed by atoms with Crippen LogP contribution >= 0.6 is 11.8 Å². The molecule has 2 unspecified atom stereocenters. The Morgan fingerprint density at radius 3 is 2.78 bits per heavy atom. The van der Waals surface area contributed by atoms with E-state index in [1.807, 2.05) is 11.8 Å². The summed E-state index contributed by atoms with van der Waals surface area (Å²) in [5.41, 5.74) is 0.805. The summed E-state index contributed by atoms with van der Waals surface area (Å²) in [6, 6.07) is 0. The van der Waals surface area contributed by atoms with Gasteiger partial charge in [-0.25, -0.2) is 14.8 Å². The molecule has 0 saturated carbocycles. The van der Waals surface area contributed by atoms with E-state index in [2.05, 4.69) is 28.7 Å². The van der Waals surface area contributed by atoms with Crippen LogP contribution in [-0.4, -0.2) is 49.5 Å². The molecule has 1 aliphatic rings. The molecule has 1 saturated heterocycles. The minimum Gasteiger partial charge on any atom is -0.478 e. The van der Waals surface area contributed by atoms with Gasteiger partial charge in [-0.15, -0.1) is 0 Å². The summed E-state index contributed by atoms with van der Waals surface area (Å²) in [4.78, 5) is 21.2. The first-order valence-corrected chi connectivity index (χ1v) is 6.90. The van der Waals surface area contributed by atoms with Crippen molar-refractivity contribution < 1.29 is 9.90 Å². The van der Waals surface area contributed by atoms with Crippen molar-refractivity contribution >= 4 is 17.7 Å². The maximum atomic E-state index is 11.1. The van der Waals surface area contributed by atoms with Crippen LogP contribution in [0.1, 0.15) is 29.9 Å². The third kappa shape index (κ3) is 3.20. The minimum atomic E-state index is -0.960. The molecule has 6 heteroatoms. The highest BCUT2D eigenvalue weighted by Gasteiger charge is 2.24. The van der Waals surface area contributed by atoms with E-state index in [1.165, 1.54) is 12.5 Å². The molecule has 5 nitrogen and oxygen atoms in total. The Hall–Kier alpha value is -1.14. The zero-order chi connectivity index (χ0) is 13.1. The second-order valence-electron chi connectivity index (χ2n) is 4.64. The fourth-order valence-electron chi connectivity index (χ4n) is 2.28. The molecule has 1 aromatic heterocycles. The highest BCUT2D eigenvalue weighted by molar-refractivity contribution is 8.00. The van der Waals surface area contributed by atoms with Crippen LogP contribution in [0.5, 0.6) is 0 Å². The number of rotatable bonds is 3. The molecule has 18 heavy (non-hydrogen) atoms. The molecule has 98 valence electrons. The van der Waals surface area contributed by atoms with Crippen LogP contribution < -0.4 is 0 Å². The van der Waals surface area contributed by atoms with Gasteiger partial charge in [0, 0.05) is 36.3 Å². The molecule has 0 amide bonds. The van der Waals surface area contributed by atoms with Crippen molar-refractivity contribution in [3.05, 3.63) is 23.8 Å². The van der Waals surface area contributed by atoms with Crippen molar-refractivity contribution in [2.24, 2.45) is 0 Å². The van der Waals surface area contributed by atoms with Crippen molar-refractivity contribution in [3.63, 3.8) is 0 Å². The van der Waals surface area contributed by atoms with E-state index in [-0.39, 0.29) is 5.56 Å². The van der Waals surface area contributed by atoms with Crippen LogP contribution in [-0.2, 0) is 6.54 Å². The molecule has 2 heterocycles. The van der Waals surface area contributed by atoms with Crippen molar-refractivity contribution in [3.8, 4) is 0 Å². The van der Waals surface area contributed by atoms with E-state index >= 15 is 0 Å². The largest absolute Gasteiger partial charge is 0.478 e. The zero-order valence-corrected chi connectivity index (χ0v) is 11.4. The van der Waals surface area contributed by atoms with Gasteiger partial charge in [0.25, 0.3) is 0 Å². The monoisotopic (exact) mass is 267 g/mol. The first kappa shape index (κ1) is 13.3. The molecule has 2 atom stereocenters.